The summed E-state index contributed by atoms with van der Waals surface area (Å²) in [4.78, 5) is 4.09. The second-order valence-electron chi connectivity index (χ2n) is 3.57. The van der Waals surface area contributed by atoms with Gasteiger partial charge in [-0.05, 0) is 37.6 Å². The molecule has 2 aromatic rings. The predicted molar refractivity (Wildman–Crippen MR) is 59.7 cm³/mol. The maximum absolute atomic E-state index is 5.32. The Kier molecular flexibility index (Phi) is 2.72. The van der Waals surface area contributed by atoms with Gasteiger partial charge in [0.05, 0.1) is 24.2 Å². The van der Waals surface area contributed by atoms with Crippen molar-refractivity contribution in [2.75, 3.05) is 5.32 Å². The number of hydrogen-bond donors (Lipinski definition) is 1. The number of nitrogens with one attached hydrogen (secondary N) is 1. The van der Waals surface area contributed by atoms with Crippen LogP contribution in [0.5, 0.6) is 0 Å². The van der Waals surface area contributed by atoms with Gasteiger partial charge in [0, 0.05) is 6.20 Å². The topological polar surface area (TPSA) is 38.1 Å². The van der Waals surface area contributed by atoms with Gasteiger partial charge in [0.15, 0.2) is 0 Å². The van der Waals surface area contributed by atoms with E-state index in [-0.39, 0.29) is 6.04 Å². The van der Waals surface area contributed by atoms with Crippen LogP contribution in [-0.4, -0.2) is 4.98 Å². The molecule has 0 unspecified atom stereocenters. The lowest BCUT2D eigenvalue weighted by Gasteiger charge is -2.14. The molecule has 0 bridgehead atoms. The average molecular weight is 202 g/mol. The minimum absolute atomic E-state index is 0.155. The lowest BCUT2D eigenvalue weighted by Crippen LogP contribution is -2.06. The Morgan fingerprint density at radius 2 is 2.27 bits per heavy atom. The van der Waals surface area contributed by atoms with Gasteiger partial charge in [-0.15, -0.1) is 0 Å². The maximum Gasteiger partial charge on any atom is 0.125 e. The van der Waals surface area contributed by atoms with Crippen molar-refractivity contribution in [3.8, 4) is 0 Å². The van der Waals surface area contributed by atoms with Crippen molar-refractivity contribution in [3.05, 3.63) is 48.2 Å². The zero-order valence-corrected chi connectivity index (χ0v) is 8.90. The molecule has 0 fully saturated rings. The molecule has 0 saturated heterocycles. The third kappa shape index (κ3) is 2.18. The van der Waals surface area contributed by atoms with Crippen molar-refractivity contribution in [2.45, 2.75) is 19.9 Å². The monoisotopic (exact) mass is 202 g/mol. The van der Waals surface area contributed by atoms with Gasteiger partial charge in [0.25, 0.3) is 0 Å². The van der Waals surface area contributed by atoms with E-state index in [2.05, 4.69) is 24.1 Å². The van der Waals surface area contributed by atoms with Crippen LogP contribution < -0.4 is 5.32 Å². The number of rotatable bonds is 3. The molecule has 0 saturated carbocycles. The third-order valence-corrected chi connectivity index (χ3v) is 2.38. The zero-order chi connectivity index (χ0) is 10.7. The van der Waals surface area contributed by atoms with Crippen LogP contribution in [0.1, 0.15) is 24.3 Å². The van der Waals surface area contributed by atoms with E-state index in [1.54, 1.807) is 12.5 Å². The van der Waals surface area contributed by atoms with E-state index >= 15 is 0 Å². The van der Waals surface area contributed by atoms with Gasteiger partial charge >= 0.3 is 0 Å². The van der Waals surface area contributed by atoms with Crippen LogP contribution in [0.3, 0.4) is 0 Å². The molecule has 2 heterocycles. The molecule has 0 aromatic carbocycles. The number of anilines is 1. The van der Waals surface area contributed by atoms with Crippen LogP contribution in [0, 0.1) is 6.92 Å². The van der Waals surface area contributed by atoms with Crippen molar-refractivity contribution in [3.63, 3.8) is 0 Å². The standard InChI is InChI=1S/C12H14N2O/c1-9-5-6-13-8-11(9)14-10(2)12-4-3-7-15-12/h3-8,10,14H,1-2H3/t10-/m0/s1. The number of pyridine rings is 1. The van der Waals surface area contributed by atoms with Crippen molar-refractivity contribution in [1.82, 2.24) is 4.98 Å². The van der Waals surface area contributed by atoms with Crippen molar-refractivity contribution in [2.24, 2.45) is 0 Å². The molecule has 1 atom stereocenters. The van der Waals surface area contributed by atoms with E-state index in [1.807, 2.05) is 24.4 Å². The quantitative estimate of drug-likeness (QED) is 0.830. The van der Waals surface area contributed by atoms with Crippen molar-refractivity contribution >= 4 is 5.69 Å². The Hall–Kier alpha value is -1.77. The van der Waals surface area contributed by atoms with Crippen LogP contribution in [0.4, 0.5) is 5.69 Å². The van der Waals surface area contributed by atoms with Gasteiger partial charge < -0.3 is 9.73 Å². The fourth-order valence-corrected chi connectivity index (χ4v) is 1.46. The first kappa shape index (κ1) is 9.77. The molecule has 0 spiro atoms. The SMILES string of the molecule is Cc1ccncc1N[C@@H](C)c1ccco1. The third-order valence-electron chi connectivity index (χ3n) is 2.38. The van der Waals surface area contributed by atoms with Crippen molar-refractivity contribution < 1.29 is 4.42 Å². The Labute approximate surface area is 89.1 Å². The average Bonchev–Trinajstić information content (AvgIpc) is 2.74. The molecule has 0 radical (unpaired) electrons. The summed E-state index contributed by atoms with van der Waals surface area (Å²) in [7, 11) is 0. The van der Waals surface area contributed by atoms with E-state index in [1.165, 1.54) is 5.56 Å². The normalized spacial score (nSPS) is 12.4. The van der Waals surface area contributed by atoms with Gasteiger partial charge in [0.1, 0.15) is 5.76 Å². The largest absolute Gasteiger partial charge is 0.467 e. The summed E-state index contributed by atoms with van der Waals surface area (Å²) < 4.78 is 5.32. The summed E-state index contributed by atoms with van der Waals surface area (Å²) >= 11 is 0. The Morgan fingerprint density at radius 1 is 1.40 bits per heavy atom. The van der Waals surface area contributed by atoms with E-state index in [0.29, 0.717) is 0 Å². The summed E-state index contributed by atoms with van der Waals surface area (Å²) in [6.07, 6.45) is 5.30. The molecule has 1 N–H and O–H groups in total. The number of nitrogens with zero attached hydrogens (tertiary/aromatic N) is 1. The molecular weight excluding hydrogens is 188 g/mol. The van der Waals surface area contributed by atoms with E-state index < -0.39 is 0 Å². The van der Waals surface area contributed by atoms with Crippen molar-refractivity contribution in [1.29, 1.82) is 0 Å². The molecule has 0 aliphatic heterocycles. The van der Waals surface area contributed by atoms with Crippen LogP contribution in [0.25, 0.3) is 0 Å². The molecule has 0 aliphatic carbocycles. The second kappa shape index (κ2) is 4.17. The minimum atomic E-state index is 0.155. The number of hydrogen-bond acceptors (Lipinski definition) is 3. The van der Waals surface area contributed by atoms with Gasteiger partial charge in [-0.25, -0.2) is 0 Å². The molecule has 78 valence electrons. The fraction of sp³-hybridized carbons (Fsp3) is 0.250. The molecule has 3 nitrogen and oxygen atoms in total. The molecular formula is C12H14N2O. The highest BCUT2D eigenvalue weighted by Gasteiger charge is 2.08. The van der Waals surface area contributed by atoms with Gasteiger partial charge in [-0.3, -0.25) is 4.98 Å². The lowest BCUT2D eigenvalue weighted by molar-refractivity contribution is 0.490. The first-order valence-electron chi connectivity index (χ1n) is 4.98. The summed E-state index contributed by atoms with van der Waals surface area (Å²) in [5, 5.41) is 3.36. The molecule has 3 heteroatoms. The van der Waals surface area contributed by atoms with Gasteiger partial charge in [-0.1, -0.05) is 0 Å². The Bertz CT molecular complexity index is 423. The highest BCUT2D eigenvalue weighted by atomic mass is 16.3. The van der Waals surface area contributed by atoms with Crippen LogP contribution in [0.2, 0.25) is 0 Å². The lowest BCUT2D eigenvalue weighted by atomic mass is 10.2. The Balaban J connectivity index is 2.13. The van der Waals surface area contributed by atoms with E-state index in [9.17, 15) is 0 Å². The van der Waals surface area contributed by atoms with Crippen LogP contribution in [0.15, 0.2) is 41.3 Å². The molecule has 0 aliphatic rings. The maximum atomic E-state index is 5.32. The molecule has 15 heavy (non-hydrogen) atoms. The smallest absolute Gasteiger partial charge is 0.125 e. The number of aryl methyl sites for hydroxylation is 1. The summed E-state index contributed by atoms with van der Waals surface area (Å²) in [5.74, 6) is 0.929. The van der Waals surface area contributed by atoms with E-state index in [4.69, 9.17) is 4.42 Å². The number of aromatic nitrogens is 1. The summed E-state index contributed by atoms with van der Waals surface area (Å²) in [6.45, 7) is 4.12. The van der Waals surface area contributed by atoms with E-state index in [0.717, 1.165) is 11.4 Å². The number of furan rings is 1. The van der Waals surface area contributed by atoms with Crippen LogP contribution >= 0.6 is 0 Å². The zero-order valence-electron chi connectivity index (χ0n) is 8.90. The first-order valence-corrected chi connectivity index (χ1v) is 4.98. The minimum Gasteiger partial charge on any atom is -0.467 e. The molecule has 2 aromatic heterocycles. The highest BCUT2D eigenvalue weighted by molar-refractivity contribution is 5.49. The fourth-order valence-electron chi connectivity index (χ4n) is 1.46. The highest BCUT2D eigenvalue weighted by Crippen LogP contribution is 2.20. The first-order chi connectivity index (χ1) is 7.27. The van der Waals surface area contributed by atoms with Crippen LogP contribution in [-0.2, 0) is 0 Å². The predicted octanol–water partition coefficient (Wildman–Crippen LogP) is 3.16. The summed E-state index contributed by atoms with van der Waals surface area (Å²) in [5.41, 5.74) is 2.23. The summed E-state index contributed by atoms with van der Waals surface area (Å²) in [6, 6.07) is 5.99. The Morgan fingerprint density at radius 3 is 2.93 bits per heavy atom. The van der Waals surface area contributed by atoms with Gasteiger partial charge in [0.2, 0.25) is 0 Å². The second-order valence-corrected chi connectivity index (χ2v) is 3.57. The molecule has 2 rings (SSSR count). The van der Waals surface area contributed by atoms with Gasteiger partial charge in [-0.2, -0.15) is 0 Å². The molecule has 0 amide bonds.